The summed E-state index contributed by atoms with van der Waals surface area (Å²) in [5.74, 6) is 0.00566. The van der Waals surface area contributed by atoms with Gasteiger partial charge >= 0.3 is 0 Å². The average Bonchev–Trinajstić information content (AvgIpc) is 3.25. The maximum absolute atomic E-state index is 14.0. The van der Waals surface area contributed by atoms with E-state index in [1.165, 1.54) is 32.8 Å². The lowest BCUT2D eigenvalue weighted by atomic mass is 9.96. The van der Waals surface area contributed by atoms with Crippen LogP contribution in [-0.2, 0) is 0 Å². The first-order valence-corrected chi connectivity index (χ1v) is 7.55. The Kier molecular flexibility index (Phi) is 3.94. The zero-order chi connectivity index (χ0) is 14.1. The number of benzene rings is 1. The molecule has 0 bridgehead atoms. The van der Waals surface area contributed by atoms with Crippen molar-refractivity contribution in [2.75, 3.05) is 13.7 Å². The van der Waals surface area contributed by atoms with Gasteiger partial charge in [0.15, 0.2) is 11.6 Å². The van der Waals surface area contributed by atoms with Gasteiger partial charge in [-0.15, -0.1) is 0 Å². The summed E-state index contributed by atoms with van der Waals surface area (Å²) in [6, 6.07) is 6.16. The maximum Gasteiger partial charge on any atom is 0.165 e. The molecule has 1 aromatic rings. The van der Waals surface area contributed by atoms with Gasteiger partial charge in [-0.05, 0) is 49.9 Å². The predicted octanol–water partition coefficient (Wildman–Crippen LogP) is 2.85. The monoisotopic (exact) mass is 278 g/mol. The molecule has 1 saturated carbocycles. The SMILES string of the molecule is COc1ccc(C2C(N)CCCCN2C2CC2)cc1F. The number of ether oxygens (including phenoxy) is 1. The number of nitrogens with zero attached hydrogens (tertiary/aromatic N) is 1. The van der Waals surface area contributed by atoms with Gasteiger partial charge in [0.25, 0.3) is 0 Å². The molecule has 1 saturated heterocycles. The third-order valence-electron chi connectivity index (χ3n) is 4.50. The molecule has 1 aliphatic carbocycles. The highest BCUT2D eigenvalue weighted by Crippen LogP contribution is 2.39. The van der Waals surface area contributed by atoms with E-state index in [-0.39, 0.29) is 17.9 Å². The molecule has 0 spiro atoms. The molecule has 0 radical (unpaired) electrons. The van der Waals surface area contributed by atoms with Gasteiger partial charge in [-0.2, -0.15) is 0 Å². The van der Waals surface area contributed by atoms with Crippen molar-refractivity contribution in [1.82, 2.24) is 4.90 Å². The highest BCUT2D eigenvalue weighted by molar-refractivity contribution is 5.32. The molecular formula is C16H23FN2O. The lowest BCUT2D eigenvalue weighted by Crippen LogP contribution is -2.41. The fourth-order valence-corrected chi connectivity index (χ4v) is 3.34. The lowest BCUT2D eigenvalue weighted by Gasteiger charge is -2.34. The molecule has 4 heteroatoms. The highest BCUT2D eigenvalue weighted by atomic mass is 19.1. The molecule has 1 aromatic carbocycles. The summed E-state index contributed by atoms with van der Waals surface area (Å²) in [7, 11) is 1.49. The van der Waals surface area contributed by atoms with Gasteiger partial charge < -0.3 is 10.5 Å². The molecule has 110 valence electrons. The van der Waals surface area contributed by atoms with Crippen molar-refractivity contribution in [3.63, 3.8) is 0 Å². The quantitative estimate of drug-likeness (QED) is 0.924. The molecule has 0 aromatic heterocycles. The van der Waals surface area contributed by atoms with Gasteiger partial charge in [0.05, 0.1) is 13.2 Å². The Bertz CT molecular complexity index is 476. The molecule has 2 fully saturated rings. The van der Waals surface area contributed by atoms with E-state index in [9.17, 15) is 4.39 Å². The van der Waals surface area contributed by atoms with Crippen molar-refractivity contribution < 1.29 is 9.13 Å². The van der Waals surface area contributed by atoms with E-state index in [2.05, 4.69) is 4.90 Å². The van der Waals surface area contributed by atoms with Gasteiger partial charge in [-0.1, -0.05) is 12.5 Å². The first-order valence-electron chi connectivity index (χ1n) is 7.55. The van der Waals surface area contributed by atoms with E-state index in [0.717, 1.165) is 18.5 Å². The van der Waals surface area contributed by atoms with Crippen molar-refractivity contribution in [2.24, 2.45) is 5.73 Å². The Morgan fingerprint density at radius 2 is 2.05 bits per heavy atom. The van der Waals surface area contributed by atoms with E-state index in [1.54, 1.807) is 12.1 Å². The Morgan fingerprint density at radius 3 is 2.70 bits per heavy atom. The zero-order valence-corrected chi connectivity index (χ0v) is 12.0. The molecule has 3 rings (SSSR count). The first-order chi connectivity index (χ1) is 9.70. The van der Waals surface area contributed by atoms with E-state index < -0.39 is 0 Å². The summed E-state index contributed by atoms with van der Waals surface area (Å²) in [6.07, 6.45) is 5.88. The smallest absolute Gasteiger partial charge is 0.165 e. The molecule has 2 aliphatic rings. The normalized spacial score (nSPS) is 28.1. The molecule has 2 atom stereocenters. The van der Waals surface area contributed by atoms with E-state index in [0.29, 0.717) is 11.8 Å². The summed E-state index contributed by atoms with van der Waals surface area (Å²) in [5, 5.41) is 0. The summed E-state index contributed by atoms with van der Waals surface area (Å²) in [5.41, 5.74) is 7.38. The number of rotatable bonds is 3. The minimum atomic E-state index is -0.294. The number of nitrogens with two attached hydrogens (primary N) is 1. The van der Waals surface area contributed by atoms with Crippen LogP contribution in [0.3, 0.4) is 0 Å². The predicted molar refractivity (Wildman–Crippen MR) is 77.2 cm³/mol. The summed E-state index contributed by atoms with van der Waals surface area (Å²) in [4.78, 5) is 2.50. The molecular weight excluding hydrogens is 255 g/mol. The lowest BCUT2D eigenvalue weighted by molar-refractivity contribution is 0.175. The summed E-state index contributed by atoms with van der Waals surface area (Å²) in [6.45, 7) is 1.08. The molecule has 1 aliphatic heterocycles. The number of halogens is 1. The van der Waals surface area contributed by atoms with Crippen molar-refractivity contribution >= 4 is 0 Å². The van der Waals surface area contributed by atoms with Crippen LogP contribution in [-0.4, -0.2) is 30.6 Å². The van der Waals surface area contributed by atoms with Crippen LogP contribution in [0, 0.1) is 5.82 Å². The Balaban J connectivity index is 1.92. The second kappa shape index (κ2) is 5.70. The molecule has 1 heterocycles. The second-order valence-corrected chi connectivity index (χ2v) is 5.97. The minimum Gasteiger partial charge on any atom is -0.494 e. The Morgan fingerprint density at radius 1 is 1.25 bits per heavy atom. The third kappa shape index (κ3) is 2.67. The number of hydrogen-bond donors (Lipinski definition) is 1. The highest BCUT2D eigenvalue weighted by Gasteiger charge is 2.38. The molecule has 2 unspecified atom stereocenters. The summed E-state index contributed by atoms with van der Waals surface area (Å²) < 4.78 is 19.0. The largest absolute Gasteiger partial charge is 0.494 e. The van der Waals surface area contributed by atoms with Crippen LogP contribution >= 0.6 is 0 Å². The van der Waals surface area contributed by atoms with Gasteiger partial charge in [0.2, 0.25) is 0 Å². The van der Waals surface area contributed by atoms with Crippen LogP contribution < -0.4 is 10.5 Å². The molecule has 3 nitrogen and oxygen atoms in total. The van der Waals surface area contributed by atoms with Crippen LogP contribution in [0.2, 0.25) is 0 Å². The van der Waals surface area contributed by atoms with Crippen LogP contribution in [0.25, 0.3) is 0 Å². The topological polar surface area (TPSA) is 38.5 Å². The van der Waals surface area contributed by atoms with Crippen molar-refractivity contribution in [1.29, 1.82) is 0 Å². The van der Waals surface area contributed by atoms with Crippen molar-refractivity contribution in [3.8, 4) is 5.75 Å². The standard InChI is InChI=1S/C16H23FN2O/c1-20-15-8-5-11(10-13(15)17)16-14(18)4-2-3-9-19(16)12-6-7-12/h5,8,10,12,14,16H,2-4,6-7,9,18H2,1H3. The number of methoxy groups -OCH3 is 1. The van der Waals surface area contributed by atoms with E-state index in [4.69, 9.17) is 10.5 Å². The van der Waals surface area contributed by atoms with Gasteiger partial charge in [0.1, 0.15) is 0 Å². The van der Waals surface area contributed by atoms with Crippen LogP contribution in [0.5, 0.6) is 5.75 Å². The molecule has 20 heavy (non-hydrogen) atoms. The fourth-order valence-electron chi connectivity index (χ4n) is 3.34. The molecule has 0 amide bonds. The van der Waals surface area contributed by atoms with Crippen molar-refractivity contribution in [3.05, 3.63) is 29.6 Å². The zero-order valence-electron chi connectivity index (χ0n) is 12.0. The molecule has 2 N–H and O–H groups in total. The fraction of sp³-hybridized carbons (Fsp3) is 0.625. The van der Waals surface area contributed by atoms with Crippen LogP contribution in [0.15, 0.2) is 18.2 Å². The van der Waals surface area contributed by atoms with E-state index in [1.807, 2.05) is 6.07 Å². The van der Waals surface area contributed by atoms with Gasteiger partial charge in [-0.3, -0.25) is 4.90 Å². The van der Waals surface area contributed by atoms with Crippen LogP contribution in [0.1, 0.15) is 43.7 Å². The van der Waals surface area contributed by atoms with Gasteiger partial charge in [0, 0.05) is 12.1 Å². The van der Waals surface area contributed by atoms with Crippen molar-refractivity contribution in [2.45, 2.75) is 50.2 Å². The van der Waals surface area contributed by atoms with E-state index >= 15 is 0 Å². The minimum absolute atomic E-state index is 0.0888. The number of hydrogen-bond acceptors (Lipinski definition) is 3. The second-order valence-electron chi connectivity index (χ2n) is 5.97. The Labute approximate surface area is 119 Å². The average molecular weight is 278 g/mol. The summed E-state index contributed by atoms with van der Waals surface area (Å²) >= 11 is 0. The third-order valence-corrected chi connectivity index (χ3v) is 4.50. The number of likely N-dealkylation sites (tertiary alicyclic amines) is 1. The Hall–Kier alpha value is -1.13. The van der Waals surface area contributed by atoms with Gasteiger partial charge in [-0.25, -0.2) is 4.39 Å². The van der Waals surface area contributed by atoms with Crippen LogP contribution in [0.4, 0.5) is 4.39 Å². The maximum atomic E-state index is 14.0. The first kappa shape index (κ1) is 13.8.